The van der Waals surface area contributed by atoms with Crippen LogP contribution in [-0.2, 0) is 11.3 Å². The molecule has 2 heterocycles. The lowest BCUT2D eigenvalue weighted by Crippen LogP contribution is -2.51. The van der Waals surface area contributed by atoms with E-state index in [-0.39, 0.29) is 5.91 Å². The van der Waals surface area contributed by atoms with Crippen LogP contribution in [0, 0.1) is 0 Å². The highest BCUT2D eigenvalue weighted by atomic mass is 16.7. The molecular formula is C20H29N3O3. The topological polar surface area (TPSA) is 54.0 Å². The quantitative estimate of drug-likeness (QED) is 0.871. The first-order valence-corrected chi connectivity index (χ1v) is 9.90. The Morgan fingerprint density at radius 2 is 1.81 bits per heavy atom. The minimum atomic E-state index is 0.248. The van der Waals surface area contributed by atoms with Crippen molar-refractivity contribution in [3.63, 3.8) is 0 Å². The van der Waals surface area contributed by atoms with Gasteiger partial charge >= 0.3 is 0 Å². The summed E-state index contributed by atoms with van der Waals surface area (Å²) in [4.78, 5) is 16.9. The number of carbonyl (C=O) groups is 1. The van der Waals surface area contributed by atoms with Gasteiger partial charge in [0.05, 0.1) is 6.54 Å². The van der Waals surface area contributed by atoms with Crippen LogP contribution in [0.1, 0.15) is 37.7 Å². The van der Waals surface area contributed by atoms with Crippen LogP contribution in [-0.4, -0.2) is 61.3 Å². The van der Waals surface area contributed by atoms with Gasteiger partial charge in [-0.2, -0.15) is 0 Å². The summed E-state index contributed by atoms with van der Waals surface area (Å²) in [6, 6.07) is 6.68. The summed E-state index contributed by atoms with van der Waals surface area (Å²) in [6.07, 6.45) is 6.37. The highest BCUT2D eigenvalue weighted by Gasteiger charge is 2.23. The minimum Gasteiger partial charge on any atom is -0.454 e. The molecule has 2 fully saturated rings. The third-order valence-electron chi connectivity index (χ3n) is 5.72. The van der Waals surface area contributed by atoms with Crippen molar-refractivity contribution >= 4 is 5.91 Å². The van der Waals surface area contributed by atoms with Gasteiger partial charge in [0, 0.05) is 38.8 Å². The molecule has 2 aliphatic heterocycles. The molecule has 6 heteroatoms. The van der Waals surface area contributed by atoms with Crippen molar-refractivity contribution in [3.8, 4) is 11.5 Å². The molecule has 1 N–H and O–H groups in total. The van der Waals surface area contributed by atoms with Crippen molar-refractivity contribution in [2.75, 3.05) is 39.5 Å². The number of nitrogens with zero attached hydrogens (tertiary/aromatic N) is 2. The lowest BCUT2D eigenvalue weighted by atomic mass is 9.95. The standard InChI is InChI=1S/C20H29N3O3/c24-20(13-21-17-4-2-1-3-5-17)23-10-8-22(9-11-23)14-16-6-7-18-19(12-16)26-15-25-18/h6-7,12,17,21H,1-5,8-11,13-15H2. The maximum Gasteiger partial charge on any atom is 0.236 e. The van der Waals surface area contributed by atoms with Crippen molar-refractivity contribution in [2.45, 2.75) is 44.7 Å². The fourth-order valence-electron chi connectivity index (χ4n) is 4.10. The molecule has 6 nitrogen and oxygen atoms in total. The molecule has 4 rings (SSSR count). The van der Waals surface area contributed by atoms with Gasteiger partial charge in [-0.3, -0.25) is 9.69 Å². The van der Waals surface area contributed by atoms with Crippen molar-refractivity contribution in [1.82, 2.24) is 15.1 Å². The second kappa shape index (κ2) is 8.27. The van der Waals surface area contributed by atoms with E-state index in [1.54, 1.807) is 0 Å². The van der Waals surface area contributed by atoms with Crippen LogP contribution >= 0.6 is 0 Å². The van der Waals surface area contributed by atoms with E-state index in [0.29, 0.717) is 19.4 Å². The molecule has 1 saturated carbocycles. The largest absolute Gasteiger partial charge is 0.454 e. The zero-order chi connectivity index (χ0) is 17.8. The molecule has 142 valence electrons. The number of hydrogen-bond donors (Lipinski definition) is 1. The average molecular weight is 359 g/mol. The number of ether oxygens (including phenoxy) is 2. The molecular weight excluding hydrogens is 330 g/mol. The number of nitrogens with one attached hydrogen (secondary N) is 1. The lowest BCUT2D eigenvalue weighted by molar-refractivity contribution is -0.132. The van der Waals surface area contributed by atoms with Gasteiger partial charge < -0.3 is 19.7 Å². The predicted octanol–water partition coefficient (Wildman–Crippen LogP) is 1.98. The number of piperazine rings is 1. The molecule has 1 aromatic rings. The highest BCUT2D eigenvalue weighted by molar-refractivity contribution is 5.78. The normalized spacial score (nSPS) is 21.2. The fraction of sp³-hybridized carbons (Fsp3) is 0.650. The van der Waals surface area contributed by atoms with Gasteiger partial charge in [0.2, 0.25) is 12.7 Å². The highest BCUT2D eigenvalue weighted by Crippen LogP contribution is 2.32. The Labute approximate surface area is 155 Å². The van der Waals surface area contributed by atoms with Gasteiger partial charge in [-0.1, -0.05) is 25.3 Å². The molecule has 0 unspecified atom stereocenters. The van der Waals surface area contributed by atoms with E-state index < -0.39 is 0 Å². The summed E-state index contributed by atoms with van der Waals surface area (Å²) >= 11 is 0. The number of hydrogen-bond acceptors (Lipinski definition) is 5. The SMILES string of the molecule is O=C(CNC1CCCCC1)N1CCN(Cc2ccc3c(c2)OCO3)CC1. The van der Waals surface area contributed by atoms with Gasteiger partial charge in [0.15, 0.2) is 11.5 Å². The molecule has 0 aromatic heterocycles. The second-order valence-corrected chi connectivity index (χ2v) is 7.56. The first kappa shape index (κ1) is 17.6. The van der Waals surface area contributed by atoms with Gasteiger partial charge in [-0.15, -0.1) is 0 Å². The van der Waals surface area contributed by atoms with Gasteiger partial charge in [-0.05, 0) is 30.5 Å². The van der Waals surface area contributed by atoms with Crippen LogP contribution in [0.2, 0.25) is 0 Å². The Bertz CT molecular complexity index is 623. The average Bonchev–Trinajstić information content (AvgIpc) is 3.15. The maximum absolute atomic E-state index is 12.4. The molecule has 3 aliphatic rings. The lowest BCUT2D eigenvalue weighted by Gasteiger charge is -2.35. The summed E-state index contributed by atoms with van der Waals surface area (Å²) < 4.78 is 10.8. The molecule has 1 amide bonds. The van der Waals surface area contributed by atoms with Crippen LogP contribution in [0.3, 0.4) is 0 Å². The van der Waals surface area contributed by atoms with Crippen LogP contribution in [0.15, 0.2) is 18.2 Å². The van der Waals surface area contributed by atoms with Crippen molar-refractivity contribution < 1.29 is 14.3 Å². The van der Waals surface area contributed by atoms with Gasteiger partial charge in [0.25, 0.3) is 0 Å². The first-order valence-electron chi connectivity index (χ1n) is 9.90. The Kier molecular flexibility index (Phi) is 5.60. The van der Waals surface area contributed by atoms with Crippen LogP contribution in [0.4, 0.5) is 0 Å². The molecule has 0 atom stereocenters. The summed E-state index contributed by atoms with van der Waals surface area (Å²) in [6.45, 7) is 5.17. The zero-order valence-corrected chi connectivity index (χ0v) is 15.4. The zero-order valence-electron chi connectivity index (χ0n) is 15.4. The molecule has 0 spiro atoms. The van der Waals surface area contributed by atoms with E-state index in [9.17, 15) is 4.79 Å². The van der Waals surface area contributed by atoms with Gasteiger partial charge in [0.1, 0.15) is 0 Å². The Morgan fingerprint density at radius 1 is 1.04 bits per heavy atom. The number of amides is 1. The van der Waals surface area contributed by atoms with Crippen molar-refractivity contribution in [1.29, 1.82) is 0 Å². The van der Waals surface area contributed by atoms with E-state index >= 15 is 0 Å². The number of rotatable bonds is 5. The molecule has 0 radical (unpaired) electrons. The molecule has 0 bridgehead atoms. The first-order chi connectivity index (χ1) is 12.8. The van der Waals surface area contributed by atoms with E-state index in [4.69, 9.17) is 9.47 Å². The molecule has 1 aliphatic carbocycles. The minimum absolute atomic E-state index is 0.248. The second-order valence-electron chi connectivity index (χ2n) is 7.56. The van der Waals surface area contributed by atoms with E-state index in [1.165, 1.54) is 37.7 Å². The maximum atomic E-state index is 12.4. The fourth-order valence-corrected chi connectivity index (χ4v) is 4.10. The Balaban J connectivity index is 1.20. The smallest absolute Gasteiger partial charge is 0.236 e. The molecule has 26 heavy (non-hydrogen) atoms. The van der Waals surface area contributed by atoms with Crippen LogP contribution < -0.4 is 14.8 Å². The van der Waals surface area contributed by atoms with E-state index in [2.05, 4.69) is 22.3 Å². The van der Waals surface area contributed by atoms with E-state index in [1.807, 2.05) is 11.0 Å². The van der Waals surface area contributed by atoms with Crippen LogP contribution in [0.25, 0.3) is 0 Å². The van der Waals surface area contributed by atoms with Crippen molar-refractivity contribution in [2.24, 2.45) is 0 Å². The summed E-state index contributed by atoms with van der Waals surface area (Å²) in [5, 5.41) is 3.46. The Hall–Kier alpha value is -1.79. The molecule has 1 aromatic carbocycles. The van der Waals surface area contributed by atoms with Crippen LogP contribution in [0.5, 0.6) is 11.5 Å². The number of benzene rings is 1. The summed E-state index contributed by atoms with van der Waals surface area (Å²) in [5.74, 6) is 1.91. The summed E-state index contributed by atoms with van der Waals surface area (Å²) in [7, 11) is 0. The number of carbonyl (C=O) groups excluding carboxylic acids is 1. The summed E-state index contributed by atoms with van der Waals surface area (Å²) in [5.41, 5.74) is 1.23. The third-order valence-corrected chi connectivity index (χ3v) is 5.72. The van der Waals surface area contributed by atoms with Crippen molar-refractivity contribution in [3.05, 3.63) is 23.8 Å². The monoisotopic (exact) mass is 359 g/mol. The third kappa shape index (κ3) is 4.30. The van der Waals surface area contributed by atoms with E-state index in [0.717, 1.165) is 44.2 Å². The number of fused-ring (bicyclic) bond motifs is 1. The van der Waals surface area contributed by atoms with Gasteiger partial charge in [-0.25, -0.2) is 0 Å². The molecule has 1 saturated heterocycles. The predicted molar refractivity (Wildman–Crippen MR) is 99.3 cm³/mol. The Morgan fingerprint density at radius 3 is 2.62 bits per heavy atom.